The van der Waals surface area contributed by atoms with Gasteiger partial charge in [-0.3, -0.25) is 0 Å². The molecule has 0 aromatic heterocycles. The van der Waals surface area contributed by atoms with Crippen LogP contribution in [0.15, 0.2) is 22.7 Å². The predicted molar refractivity (Wildman–Crippen MR) is 78.1 cm³/mol. The number of allylic oxidation sites excluding steroid dienone is 3. The first-order valence-electron chi connectivity index (χ1n) is 7.11. The Labute approximate surface area is 117 Å². The number of ether oxygens (including phenoxy) is 1. The van der Waals surface area contributed by atoms with E-state index in [2.05, 4.69) is 46.4 Å². The fourth-order valence-corrected chi connectivity index (χ4v) is 2.50. The molecular formula is C16H27NO2. The van der Waals surface area contributed by atoms with Gasteiger partial charge in [0.2, 0.25) is 0 Å². The molecule has 0 saturated carbocycles. The highest BCUT2D eigenvalue weighted by Crippen LogP contribution is 2.34. The highest BCUT2D eigenvalue weighted by Gasteiger charge is 2.31. The van der Waals surface area contributed by atoms with Crippen LogP contribution < -0.4 is 0 Å². The van der Waals surface area contributed by atoms with Crippen LogP contribution in [-0.4, -0.2) is 16.9 Å². The molecule has 1 aliphatic rings. The van der Waals surface area contributed by atoms with Gasteiger partial charge < -0.3 is 9.64 Å². The van der Waals surface area contributed by atoms with Crippen molar-refractivity contribution in [2.24, 2.45) is 11.8 Å². The number of carbonyl (C=O) groups excluding carboxylic acids is 1. The molecule has 19 heavy (non-hydrogen) atoms. The summed E-state index contributed by atoms with van der Waals surface area (Å²) in [5.41, 5.74) is 2.83. The van der Waals surface area contributed by atoms with Crippen LogP contribution in [0.1, 0.15) is 55.4 Å². The molecule has 0 bridgehead atoms. The lowest BCUT2D eigenvalue weighted by molar-refractivity contribution is -0.135. The van der Waals surface area contributed by atoms with Crippen LogP contribution in [-0.2, 0) is 9.53 Å². The molecule has 0 unspecified atom stereocenters. The first-order valence-corrected chi connectivity index (χ1v) is 7.11. The molecule has 0 aromatic carbocycles. The van der Waals surface area contributed by atoms with Crippen LogP contribution in [0, 0.1) is 11.8 Å². The molecule has 0 aromatic rings. The van der Waals surface area contributed by atoms with Gasteiger partial charge in [0.1, 0.15) is 5.76 Å². The second-order valence-electron chi connectivity index (χ2n) is 6.12. The lowest BCUT2D eigenvalue weighted by Crippen LogP contribution is -2.32. The van der Waals surface area contributed by atoms with E-state index in [-0.39, 0.29) is 11.9 Å². The monoisotopic (exact) mass is 265 g/mol. The van der Waals surface area contributed by atoms with Gasteiger partial charge in [0.05, 0.1) is 11.3 Å². The smallest absolute Gasteiger partial charge is 0.340 e. The summed E-state index contributed by atoms with van der Waals surface area (Å²) in [6.07, 6.45) is 0. The minimum atomic E-state index is -0.220. The van der Waals surface area contributed by atoms with Gasteiger partial charge in [-0.2, -0.15) is 0 Å². The maximum Gasteiger partial charge on any atom is 0.340 e. The van der Waals surface area contributed by atoms with E-state index in [4.69, 9.17) is 4.74 Å². The van der Waals surface area contributed by atoms with Crippen LogP contribution in [0.5, 0.6) is 0 Å². The summed E-state index contributed by atoms with van der Waals surface area (Å²) in [6.45, 7) is 16.6. The normalized spacial score (nSPS) is 17.8. The van der Waals surface area contributed by atoms with E-state index in [1.165, 1.54) is 0 Å². The fourth-order valence-electron chi connectivity index (χ4n) is 2.50. The second kappa shape index (κ2) is 5.81. The molecule has 0 spiro atoms. The summed E-state index contributed by atoms with van der Waals surface area (Å²) >= 11 is 0. The number of nitrogens with zero attached hydrogens (tertiary/aromatic N) is 1. The SMILES string of the molecule is CC1=C(C)N(C(C)C)C(C(C)C)=C(C(C)C)OC1=O. The zero-order chi connectivity index (χ0) is 14.9. The van der Waals surface area contributed by atoms with Gasteiger partial charge in [0.15, 0.2) is 0 Å². The average Bonchev–Trinajstić information content (AvgIpc) is 2.38. The van der Waals surface area contributed by atoms with Crippen LogP contribution in [0.4, 0.5) is 0 Å². The van der Waals surface area contributed by atoms with Crippen molar-refractivity contribution < 1.29 is 9.53 Å². The Morgan fingerprint density at radius 2 is 1.47 bits per heavy atom. The molecule has 0 radical (unpaired) electrons. The van der Waals surface area contributed by atoms with Crippen molar-refractivity contribution in [3.63, 3.8) is 0 Å². The molecule has 1 aliphatic heterocycles. The van der Waals surface area contributed by atoms with E-state index < -0.39 is 0 Å². The van der Waals surface area contributed by atoms with Crippen molar-refractivity contribution in [2.75, 3.05) is 0 Å². The third-order valence-corrected chi connectivity index (χ3v) is 3.51. The number of esters is 1. The van der Waals surface area contributed by atoms with Gasteiger partial charge in [-0.1, -0.05) is 27.7 Å². The van der Waals surface area contributed by atoms with Gasteiger partial charge in [-0.05, 0) is 33.6 Å². The Morgan fingerprint density at radius 1 is 0.947 bits per heavy atom. The fraction of sp³-hybridized carbons (Fsp3) is 0.688. The van der Waals surface area contributed by atoms with E-state index in [9.17, 15) is 4.79 Å². The van der Waals surface area contributed by atoms with Crippen molar-refractivity contribution in [3.8, 4) is 0 Å². The first kappa shape index (κ1) is 15.8. The van der Waals surface area contributed by atoms with Crippen molar-refractivity contribution in [1.82, 2.24) is 4.90 Å². The second-order valence-corrected chi connectivity index (χ2v) is 6.12. The van der Waals surface area contributed by atoms with Crippen molar-refractivity contribution >= 4 is 5.97 Å². The molecule has 1 heterocycles. The predicted octanol–water partition coefficient (Wildman–Crippen LogP) is 4.07. The van der Waals surface area contributed by atoms with Gasteiger partial charge in [-0.15, -0.1) is 0 Å². The summed E-state index contributed by atoms with van der Waals surface area (Å²) in [7, 11) is 0. The molecule has 3 heteroatoms. The number of carbonyl (C=O) groups is 1. The van der Waals surface area contributed by atoms with Crippen LogP contribution >= 0.6 is 0 Å². The highest BCUT2D eigenvalue weighted by atomic mass is 16.5. The Balaban J connectivity index is 3.54. The number of hydrogen-bond donors (Lipinski definition) is 0. The standard InChI is InChI=1S/C16H27NO2/c1-9(2)14-15(10(3)4)19-16(18)12(7)13(8)17(14)11(5)6/h9-11H,1-8H3. The molecule has 0 saturated heterocycles. The third-order valence-electron chi connectivity index (χ3n) is 3.51. The van der Waals surface area contributed by atoms with Crippen molar-refractivity contribution in [2.45, 2.75) is 61.4 Å². The molecule has 108 valence electrons. The summed E-state index contributed by atoms with van der Waals surface area (Å²) in [6, 6.07) is 0.301. The van der Waals surface area contributed by atoms with E-state index in [1.807, 2.05) is 13.8 Å². The van der Waals surface area contributed by atoms with E-state index in [1.54, 1.807) is 0 Å². The Hall–Kier alpha value is -1.25. The zero-order valence-electron chi connectivity index (χ0n) is 13.5. The van der Waals surface area contributed by atoms with E-state index >= 15 is 0 Å². The summed E-state index contributed by atoms with van der Waals surface area (Å²) in [5, 5.41) is 0. The summed E-state index contributed by atoms with van der Waals surface area (Å²) < 4.78 is 5.65. The van der Waals surface area contributed by atoms with E-state index in [0.29, 0.717) is 17.5 Å². The lowest BCUT2D eigenvalue weighted by Gasteiger charge is -2.35. The van der Waals surface area contributed by atoms with Gasteiger partial charge >= 0.3 is 5.97 Å². The molecule has 0 atom stereocenters. The van der Waals surface area contributed by atoms with Crippen LogP contribution in [0.2, 0.25) is 0 Å². The maximum absolute atomic E-state index is 12.1. The van der Waals surface area contributed by atoms with Crippen molar-refractivity contribution in [1.29, 1.82) is 0 Å². The third kappa shape index (κ3) is 3.02. The molecule has 0 amide bonds. The lowest BCUT2D eigenvalue weighted by atomic mass is 10.00. The Kier molecular flexibility index (Phi) is 4.83. The molecule has 1 rings (SSSR count). The first-order chi connectivity index (χ1) is 8.68. The summed E-state index contributed by atoms with van der Waals surface area (Å²) in [5.74, 6) is 1.10. The number of cyclic esters (lactones) is 1. The molecule has 3 nitrogen and oxygen atoms in total. The zero-order valence-corrected chi connectivity index (χ0v) is 13.5. The topological polar surface area (TPSA) is 29.5 Å². The minimum Gasteiger partial charge on any atom is -0.426 e. The molecule has 0 N–H and O–H groups in total. The number of rotatable bonds is 3. The Bertz CT molecular complexity index is 428. The summed E-state index contributed by atoms with van der Waals surface area (Å²) in [4.78, 5) is 14.4. The Morgan fingerprint density at radius 3 is 1.84 bits per heavy atom. The van der Waals surface area contributed by atoms with Gasteiger partial charge in [0, 0.05) is 17.7 Å². The largest absolute Gasteiger partial charge is 0.426 e. The molecule has 0 fully saturated rings. The van der Waals surface area contributed by atoms with Crippen molar-refractivity contribution in [3.05, 3.63) is 22.7 Å². The molecular weight excluding hydrogens is 238 g/mol. The van der Waals surface area contributed by atoms with E-state index in [0.717, 1.165) is 17.2 Å². The average molecular weight is 265 g/mol. The molecule has 0 aliphatic carbocycles. The van der Waals surface area contributed by atoms with Crippen LogP contribution in [0.3, 0.4) is 0 Å². The minimum absolute atomic E-state index is 0.196. The van der Waals surface area contributed by atoms with Gasteiger partial charge in [0.25, 0.3) is 0 Å². The maximum atomic E-state index is 12.1. The van der Waals surface area contributed by atoms with Crippen LogP contribution in [0.25, 0.3) is 0 Å². The number of hydrogen-bond acceptors (Lipinski definition) is 3. The highest BCUT2D eigenvalue weighted by molar-refractivity contribution is 5.89. The quantitative estimate of drug-likeness (QED) is 0.720. The van der Waals surface area contributed by atoms with Gasteiger partial charge in [-0.25, -0.2) is 4.79 Å².